The molecular weight excluding hydrogens is 173 g/mol. The van der Waals surface area contributed by atoms with E-state index in [0.717, 1.165) is 4.90 Å². The van der Waals surface area contributed by atoms with Crippen molar-refractivity contribution in [1.82, 2.24) is 4.90 Å². The number of hydrogen-bond donors (Lipinski definition) is 2. The molecular formula is C7H10BNO4. The van der Waals surface area contributed by atoms with Crippen molar-refractivity contribution in [2.45, 2.75) is 31.4 Å². The normalized spacial score (nSPS) is 24.8. The lowest BCUT2D eigenvalue weighted by atomic mass is 9.96. The number of likely N-dealkylation sites (tertiary alicyclic amines) is 1. The first-order valence-corrected chi connectivity index (χ1v) is 4.00. The van der Waals surface area contributed by atoms with Crippen LogP contribution in [0.3, 0.4) is 0 Å². The molecule has 0 aromatic heterocycles. The summed E-state index contributed by atoms with van der Waals surface area (Å²) in [6.45, 7) is 0. The van der Waals surface area contributed by atoms with Crippen molar-refractivity contribution in [2.24, 2.45) is 0 Å². The Hall–Kier alpha value is -1.04. The minimum absolute atomic E-state index is 0.182. The molecule has 0 saturated carbocycles. The second-order valence-corrected chi connectivity index (χ2v) is 2.91. The number of carboxylic acids is 1. The van der Waals surface area contributed by atoms with Crippen LogP contribution in [0.4, 0.5) is 0 Å². The smallest absolute Gasteiger partial charge is 0.325 e. The molecule has 2 atom stereocenters. The Balaban J connectivity index is 2.77. The Bertz CT molecular complexity index is 233. The van der Waals surface area contributed by atoms with E-state index in [1.807, 2.05) is 0 Å². The van der Waals surface area contributed by atoms with Gasteiger partial charge < -0.3 is 15.1 Å². The van der Waals surface area contributed by atoms with Gasteiger partial charge in [0, 0.05) is 12.8 Å². The second-order valence-electron chi connectivity index (χ2n) is 2.91. The molecule has 2 radical (unpaired) electrons. The Kier molecular flexibility index (Phi) is 2.92. The van der Waals surface area contributed by atoms with Gasteiger partial charge in [0.1, 0.15) is 12.3 Å². The molecule has 1 heterocycles. The molecule has 1 aliphatic heterocycles. The van der Waals surface area contributed by atoms with Crippen LogP contribution >= 0.6 is 0 Å². The zero-order valence-corrected chi connectivity index (χ0v) is 7.01. The molecule has 1 fully saturated rings. The fraction of sp³-hybridized carbons (Fsp3) is 0.714. The average Bonchev–Trinajstić information content (AvgIpc) is 2.36. The van der Waals surface area contributed by atoms with Crippen molar-refractivity contribution in [3.05, 3.63) is 0 Å². The Labute approximate surface area is 76.7 Å². The van der Waals surface area contributed by atoms with E-state index < -0.39 is 18.2 Å². The van der Waals surface area contributed by atoms with Crippen LogP contribution in [0.25, 0.3) is 0 Å². The van der Waals surface area contributed by atoms with Gasteiger partial charge in [0.2, 0.25) is 5.91 Å². The minimum Gasteiger partial charge on any atom is -0.480 e. The molecule has 1 aliphatic rings. The monoisotopic (exact) mass is 183 g/mol. The highest BCUT2D eigenvalue weighted by molar-refractivity contribution is 6.11. The van der Waals surface area contributed by atoms with E-state index in [9.17, 15) is 14.7 Å². The fourth-order valence-electron chi connectivity index (χ4n) is 1.40. The number of amides is 1. The third-order valence-electron chi connectivity index (χ3n) is 2.07. The van der Waals surface area contributed by atoms with Gasteiger partial charge in [0.05, 0.1) is 7.85 Å². The first-order chi connectivity index (χ1) is 6.07. The van der Waals surface area contributed by atoms with E-state index in [-0.39, 0.29) is 25.1 Å². The highest BCUT2D eigenvalue weighted by Gasteiger charge is 2.37. The molecule has 0 aliphatic carbocycles. The zero-order valence-electron chi connectivity index (χ0n) is 7.01. The first-order valence-electron chi connectivity index (χ1n) is 4.00. The van der Waals surface area contributed by atoms with Crippen LogP contribution in [0.5, 0.6) is 0 Å². The molecule has 13 heavy (non-hydrogen) atoms. The summed E-state index contributed by atoms with van der Waals surface area (Å²) in [5.41, 5.74) is 0. The van der Waals surface area contributed by atoms with Crippen LogP contribution in [0.2, 0.25) is 6.32 Å². The molecule has 5 nitrogen and oxygen atoms in total. The molecule has 1 rings (SSSR count). The molecule has 1 amide bonds. The topological polar surface area (TPSA) is 77.8 Å². The van der Waals surface area contributed by atoms with Crippen molar-refractivity contribution in [3.63, 3.8) is 0 Å². The van der Waals surface area contributed by atoms with Crippen molar-refractivity contribution >= 4 is 19.7 Å². The predicted octanol–water partition coefficient (Wildman–Crippen LogP) is -1.03. The molecule has 0 spiro atoms. The van der Waals surface area contributed by atoms with Gasteiger partial charge in [-0.2, -0.15) is 0 Å². The summed E-state index contributed by atoms with van der Waals surface area (Å²) >= 11 is 0. The number of hydrogen-bond acceptors (Lipinski definition) is 3. The maximum absolute atomic E-state index is 11.1. The third kappa shape index (κ3) is 1.83. The number of aliphatic hydroxyl groups is 1. The molecule has 1 saturated heterocycles. The van der Waals surface area contributed by atoms with E-state index >= 15 is 0 Å². The number of nitrogens with zero attached hydrogens (tertiary/aromatic N) is 1. The number of rotatable bonds is 3. The van der Waals surface area contributed by atoms with Crippen molar-refractivity contribution < 1.29 is 19.8 Å². The number of carboxylic acid groups (broad SMARTS) is 1. The van der Waals surface area contributed by atoms with Crippen molar-refractivity contribution in [1.29, 1.82) is 0 Å². The van der Waals surface area contributed by atoms with Crippen LogP contribution in [0.1, 0.15) is 12.8 Å². The average molecular weight is 183 g/mol. The van der Waals surface area contributed by atoms with Gasteiger partial charge in [0.15, 0.2) is 0 Å². The summed E-state index contributed by atoms with van der Waals surface area (Å²) in [5, 5.41) is 18.0. The highest BCUT2D eigenvalue weighted by Crippen LogP contribution is 2.20. The maximum Gasteiger partial charge on any atom is 0.325 e. The zero-order chi connectivity index (χ0) is 10.0. The molecule has 0 aromatic rings. The van der Waals surface area contributed by atoms with E-state index in [4.69, 9.17) is 13.0 Å². The van der Waals surface area contributed by atoms with Crippen LogP contribution < -0.4 is 0 Å². The van der Waals surface area contributed by atoms with E-state index in [2.05, 4.69) is 0 Å². The van der Waals surface area contributed by atoms with Gasteiger partial charge in [-0.15, -0.1) is 0 Å². The van der Waals surface area contributed by atoms with Crippen LogP contribution in [-0.4, -0.2) is 47.1 Å². The molecule has 2 N–H and O–H groups in total. The maximum atomic E-state index is 11.1. The lowest BCUT2D eigenvalue weighted by molar-refractivity contribution is -0.153. The van der Waals surface area contributed by atoms with Gasteiger partial charge in [-0.1, -0.05) is 6.32 Å². The van der Waals surface area contributed by atoms with Crippen LogP contribution in [0, 0.1) is 0 Å². The quantitative estimate of drug-likeness (QED) is 0.548. The molecule has 70 valence electrons. The SMILES string of the molecule is [B]CC(C(=O)O)N1C(=O)CCC1O. The fourth-order valence-corrected chi connectivity index (χ4v) is 1.40. The van der Waals surface area contributed by atoms with Crippen molar-refractivity contribution in [2.75, 3.05) is 0 Å². The Morgan fingerprint density at radius 1 is 1.77 bits per heavy atom. The van der Waals surface area contributed by atoms with Gasteiger partial charge in [-0.25, -0.2) is 0 Å². The summed E-state index contributed by atoms with van der Waals surface area (Å²) in [4.78, 5) is 22.7. The highest BCUT2D eigenvalue weighted by atomic mass is 16.4. The van der Waals surface area contributed by atoms with Crippen molar-refractivity contribution in [3.8, 4) is 0 Å². The summed E-state index contributed by atoms with van der Waals surface area (Å²) in [7, 11) is 5.19. The van der Waals surface area contributed by atoms with Gasteiger partial charge in [-0.3, -0.25) is 9.59 Å². The standard InChI is InChI=1S/C7H10BNO4/c8-3-4(7(12)13)9-5(10)1-2-6(9)11/h4-5,10H,1-3H2,(H,12,13). The lowest BCUT2D eigenvalue weighted by Gasteiger charge is -2.26. The number of carbonyl (C=O) groups is 2. The van der Waals surface area contributed by atoms with Gasteiger partial charge in [0.25, 0.3) is 0 Å². The number of aliphatic hydroxyl groups excluding tert-OH is 1. The Morgan fingerprint density at radius 3 is 2.69 bits per heavy atom. The molecule has 6 heteroatoms. The van der Waals surface area contributed by atoms with Gasteiger partial charge >= 0.3 is 5.97 Å². The van der Waals surface area contributed by atoms with Gasteiger partial charge in [-0.05, 0) is 0 Å². The number of carbonyl (C=O) groups excluding carboxylic acids is 1. The Morgan fingerprint density at radius 2 is 2.38 bits per heavy atom. The molecule has 0 bridgehead atoms. The van der Waals surface area contributed by atoms with Crippen LogP contribution in [-0.2, 0) is 9.59 Å². The minimum atomic E-state index is -1.18. The second kappa shape index (κ2) is 3.78. The van der Waals surface area contributed by atoms with Crippen LogP contribution in [0.15, 0.2) is 0 Å². The summed E-state index contributed by atoms with van der Waals surface area (Å²) in [6.07, 6.45) is -0.719. The molecule has 2 unspecified atom stereocenters. The third-order valence-corrected chi connectivity index (χ3v) is 2.07. The predicted molar refractivity (Wildman–Crippen MR) is 44.1 cm³/mol. The summed E-state index contributed by atoms with van der Waals surface area (Å²) < 4.78 is 0. The number of aliphatic carboxylic acids is 1. The lowest BCUT2D eigenvalue weighted by Crippen LogP contribution is -2.46. The summed E-state index contributed by atoms with van der Waals surface area (Å²) in [5.74, 6) is -1.54. The van der Waals surface area contributed by atoms with E-state index in [1.165, 1.54) is 0 Å². The first kappa shape index (κ1) is 10.0. The van der Waals surface area contributed by atoms with E-state index in [1.54, 1.807) is 0 Å². The molecule has 0 aromatic carbocycles. The largest absolute Gasteiger partial charge is 0.480 e. The van der Waals surface area contributed by atoms with E-state index in [0.29, 0.717) is 0 Å². The summed E-state index contributed by atoms with van der Waals surface area (Å²) in [6, 6.07) is -1.11.